The molecule has 0 amide bonds. The van der Waals surface area contributed by atoms with Crippen molar-refractivity contribution in [2.75, 3.05) is 0 Å². The van der Waals surface area contributed by atoms with E-state index in [1.54, 1.807) is 0 Å². The van der Waals surface area contributed by atoms with Crippen molar-refractivity contribution < 1.29 is 0 Å². The van der Waals surface area contributed by atoms with E-state index in [0.717, 1.165) is 67.0 Å². The zero-order chi connectivity index (χ0) is 44.3. The highest BCUT2D eigenvalue weighted by Gasteiger charge is 2.50. The van der Waals surface area contributed by atoms with Crippen molar-refractivity contribution in [1.82, 2.24) is 9.97 Å². The smallest absolute Gasteiger partial charge is 0.161 e. The van der Waals surface area contributed by atoms with Crippen LogP contribution in [0, 0.1) is 0 Å². The van der Waals surface area contributed by atoms with Crippen LogP contribution in [0.4, 0.5) is 0 Å². The highest BCUT2D eigenvalue weighted by molar-refractivity contribution is 6.00. The van der Waals surface area contributed by atoms with E-state index >= 15 is 0 Å². The Morgan fingerprint density at radius 3 is 1.15 bits per heavy atom. The third kappa shape index (κ3) is 6.26. The predicted molar refractivity (Wildman–Crippen MR) is 276 cm³/mol. The Balaban J connectivity index is 1.10. The van der Waals surface area contributed by atoms with Gasteiger partial charge in [-0.3, -0.25) is 0 Å². The average molecular weight is 851 g/mol. The first-order valence-electron chi connectivity index (χ1n) is 23.1. The van der Waals surface area contributed by atoms with Gasteiger partial charge in [-0.05, 0) is 119 Å². The molecule has 0 radical (unpaired) electrons. The van der Waals surface area contributed by atoms with Crippen LogP contribution in [0.1, 0.15) is 22.3 Å². The Bertz CT molecular complexity index is 3560. The highest BCUT2D eigenvalue weighted by atomic mass is 14.9. The molecule has 13 rings (SSSR count). The van der Waals surface area contributed by atoms with E-state index in [9.17, 15) is 0 Å². The molecule has 0 saturated heterocycles. The summed E-state index contributed by atoms with van der Waals surface area (Å²) in [7, 11) is 0. The molecular formula is C65H42N2. The van der Waals surface area contributed by atoms with Gasteiger partial charge in [-0.15, -0.1) is 0 Å². The molecule has 2 aliphatic rings. The fraction of sp³-hybridized carbons (Fsp3) is 0.0154. The molecular weight excluding hydrogens is 809 g/mol. The van der Waals surface area contributed by atoms with Crippen molar-refractivity contribution >= 4 is 0 Å². The number of benzene rings is 10. The minimum atomic E-state index is -0.618. The van der Waals surface area contributed by atoms with Crippen LogP contribution in [-0.4, -0.2) is 9.97 Å². The highest BCUT2D eigenvalue weighted by Crippen LogP contribution is 2.62. The van der Waals surface area contributed by atoms with Crippen LogP contribution in [0.2, 0.25) is 0 Å². The molecule has 0 aliphatic heterocycles. The van der Waals surface area contributed by atoms with E-state index in [-0.39, 0.29) is 0 Å². The second-order valence-electron chi connectivity index (χ2n) is 17.6. The summed E-state index contributed by atoms with van der Waals surface area (Å²) >= 11 is 0. The zero-order valence-electron chi connectivity index (χ0n) is 36.6. The largest absolute Gasteiger partial charge is 0.228 e. The van der Waals surface area contributed by atoms with Gasteiger partial charge < -0.3 is 0 Å². The van der Waals surface area contributed by atoms with Crippen LogP contribution < -0.4 is 0 Å². The van der Waals surface area contributed by atoms with Crippen LogP contribution in [0.25, 0.3) is 101 Å². The first-order chi connectivity index (χ1) is 33.2. The quantitative estimate of drug-likeness (QED) is 0.167. The molecule has 312 valence electrons. The van der Waals surface area contributed by atoms with Gasteiger partial charge in [0.15, 0.2) is 5.82 Å². The molecule has 2 nitrogen and oxygen atoms in total. The lowest BCUT2D eigenvalue weighted by Gasteiger charge is -2.35. The number of hydrogen-bond donors (Lipinski definition) is 0. The molecule has 0 fully saturated rings. The Morgan fingerprint density at radius 1 is 0.224 bits per heavy atom. The van der Waals surface area contributed by atoms with Crippen LogP contribution in [0.3, 0.4) is 0 Å². The van der Waals surface area contributed by atoms with Gasteiger partial charge in [0.05, 0.1) is 16.8 Å². The normalized spacial score (nSPS) is 12.6. The van der Waals surface area contributed by atoms with Crippen LogP contribution >= 0.6 is 0 Å². The number of nitrogens with zero attached hydrogens (tertiary/aromatic N) is 2. The molecule has 0 atom stereocenters. The Labute approximate surface area is 391 Å². The number of fused-ring (bicyclic) bond motifs is 12. The van der Waals surface area contributed by atoms with Gasteiger partial charge >= 0.3 is 0 Å². The summed E-state index contributed by atoms with van der Waals surface area (Å²) in [5.41, 5.74) is 23.4. The van der Waals surface area contributed by atoms with E-state index < -0.39 is 5.41 Å². The molecule has 0 unspecified atom stereocenters. The summed E-state index contributed by atoms with van der Waals surface area (Å²) in [6.07, 6.45) is 0. The van der Waals surface area contributed by atoms with Crippen molar-refractivity contribution in [3.8, 4) is 101 Å². The van der Waals surface area contributed by atoms with Crippen molar-refractivity contribution in [3.05, 3.63) is 277 Å². The van der Waals surface area contributed by atoms with Crippen molar-refractivity contribution in [2.24, 2.45) is 0 Å². The van der Waals surface area contributed by atoms with Gasteiger partial charge in [-0.1, -0.05) is 224 Å². The maximum atomic E-state index is 5.66. The van der Waals surface area contributed by atoms with Gasteiger partial charge in [-0.2, -0.15) is 0 Å². The molecule has 11 aromatic rings. The molecule has 10 aromatic carbocycles. The molecule has 0 N–H and O–H groups in total. The Kier molecular flexibility index (Phi) is 9.11. The van der Waals surface area contributed by atoms with Gasteiger partial charge in [0.2, 0.25) is 0 Å². The van der Waals surface area contributed by atoms with Crippen molar-refractivity contribution in [2.45, 2.75) is 5.41 Å². The molecule has 0 bridgehead atoms. The minimum absolute atomic E-state index is 0.618. The zero-order valence-corrected chi connectivity index (χ0v) is 36.6. The second-order valence-corrected chi connectivity index (χ2v) is 17.6. The number of aromatic nitrogens is 2. The van der Waals surface area contributed by atoms with E-state index in [2.05, 4.69) is 255 Å². The lowest BCUT2D eigenvalue weighted by Crippen LogP contribution is -2.29. The van der Waals surface area contributed by atoms with Crippen molar-refractivity contribution in [3.63, 3.8) is 0 Å². The first kappa shape index (κ1) is 38.7. The molecule has 2 heteroatoms. The summed E-state index contributed by atoms with van der Waals surface area (Å²) in [5, 5.41) is 0. The monoisotopic (exact) mass is 850 g/mol. The third-order valence-electron chi connectivity index (χ3n) is 13.9. The topological polar surface area (TPSA) is 25.8 Å². The molecule has 2 aliphatic carbocycles. The maximum Gasteiger partial charge on any atom is 0.161 e. The van der Waals surface area contributed by atoms with Gasteiger partial charge in [0.1, 0.15) is 0 Å². The summed E-state index contributed by atoms with van der Waals surface area (Å²) < 4.78 is 0. The minimum Gasteiger partial charge on any atom is -0.228 e. The summed E-state index contributed by atoms with van der Waals surface area (Å²) in [4.78, 5) is 11.3. The van der Waals surface area contributed by atoms with Crippen LogP contribution in [0.5, 0.6) is 0 Å². The second kappa shape index (κ2) is 15.8. The fourth-order valence-corrected chi connectivity index (χ4v) is 11.0. The Morgan fingerprint density at radius 2 is 0.582 bits per heavy atom. The van der Waals surface area contributed by atoms with E-state index in [1.807, 2.05) is 0 Å². The lowest BCUT2D eigenvalue weighted by atomic mass is 9.66. The lowest BCUT2D eigenvalue weighted by molar-refractivity contribution is 0.775. The van der Waals surface area contributed by atoms with Crippen molar-refractivity contribution in [1.29, 1.82) is 0 Å². The SMILES string of the molecule is c1ccc(-c2cccc(-c3cc(-c4cc(-c5ccccc5)cc(-c5ccccc5)c4)nc(-c4cccc5c4-c4ccccc4C54c5ccccc5-c5ccccc5-c5ccccc54)n3)c2)cc1. The summed E-state index contributed by atoms with van der Waals surface area (Å²) in [6.45, 7) is 0. The van der Waals surface area contributed by atoms with E-state index in [0.29, 0.717) is 5.82 Å². The average Bonchev–Trinajstić information content (AvgIpc) is 3.66. The summed E-state index contributed by atoms with van der Waals surface area (Å²) in [6, 6.07) is 92.5. The Hall–Kier alpha value is -8.72. The third-order valence-corrected chi connectivity index (χ3v) is 13.9. The molecule has 1 spiro atoms. The van der Waals surface area contributed by atoms with Crippen LogP contribution in [-0.2, 0) is 5.41 Å². The molecule has 0 saturated carbocycles. The van der Waals surface area contributed by atoms with Gasteiger partial charge in [0.25, 0.3) is 0 Å². The van der Waals surface area contributed by atoms with E-state index in [4.69, 9.17) is 9.97 Å². The maximum absolute atomic E-state index is 5.66. The molecule has 67 heavy (non-hydrogen) atoms. The molecule has 1 aromatic heterocycles. The standard InChI is InChI=1S/C65H42N2/c1-4-20-43(21-5-1)46-26-18-27-47(38-46)61-42-62(50-40-48(44-22-6-2-7-23-44)39-49(41-50)45-24-8-3-9-25-45)67-64(66-61)56-33-19-37-60-63(56)55-32-14-17-36-59(55)65(60)57-34-15-12-30-53(57)51-28-10-11-29-52(51)54-31-13-16-35-58(54)65/h1-42H. The van der Waals surface area contributed by atoms with Gasteiger partial charge in [0, 0.05) is 16.7 Å². The number of hydrogen-bond acceptors (Lipinski definition) is 2. The van der Waals surface area contributed by atoms with Crippen LogP contribution in [0.15, 0.2) is 255 Å². The predicted octanol–water partition coefficient (Wildman–Crippen LogP) is 16.5. The fourth-order valence-electron chi connectivity index (χ4n) is 11.0. The number of rotatable bonds is 6. The molecule has 1 heterocycles. The summed E-state index contributed by atoms with van der Waals surface area (Å²) in [5.74, 6) is 0.686. The first-order valence-corrected chi connectivity index (χ1v) is 23.1. The van der Waals surface area contributed by atoms with E-state index in [1.165, 1.54) is 50.1 Å². The van der Waals surface area contributed by atoms with Gasteiger partial charge in [-0.25, -0.2) is 9.97 Å².